The third kappa shape index (κ3) is 5.24. The number of urea groups is 1. The molecule has 4 rings (SSSR count). The van der Waals surface area contributed by atoms with Gasteiger partial charge in [-0.05, 0) is 31.9 Å². The first kappa shape index (κ1) is 23.0. The van der Waals surface area contributed by atoms with E-state index in [1.165, 1.54) is 16.0 Å². The Balaban J connectivity index is 1.51. The van der Waals surface area contributed by atoms with Gasteiger partial charge in [-0.15, -0.1) is 11.3 Å². The van der Waals surface area contributed by atoms with Crippen LogP contribution in [0.4, 0.5) is 10.6 Å². The van der Waals surface area contributed by atoms with Crippen molar-refractivity contribution in [1.29, 1.82) is 0 Å². The number of carbonyl (C=O) groups is 2. The lowest BCUT2D eigenvalue weighted by Crippen LogP contribution is -2.52. The quantitative estimate of drug-likeness (QED) is 0.560. The van der Waals surface area contributed by atoms with Crippen LogP contribution in [0.2, 0.25) is 0 Å². The van der Waals surface area contributed by atoms with Crippen molar-refractivity contribution in [3.05, 3.63) is 52.2 Å². The molecule has 1 saturated heterocycles. The van der Waals surface area contributed by atoms with Crippen LogP contribution in [0.15, 0.2) is 30.3 Å². The van der Waals surface area contributed by atoms with Gasteiger partial charge in [-0.2, -0.15) is 0 Å². The van der Waals surface area contributed by atoms with E-state index in [-0.39, 0.29) is 12.6 Å². The van der Waals surface area contributed by atoms with Crippen LogP contribution in [-0.4, -0.2) is 66.2 Å². The second-order valence-corrected chi connectivity index (χ2v) is 9.23. The molecule has 0 atom stereocenters. The second-order valence-electron chi connectivity index (χ2n) is 8.03. The Labute approximate surface area is 197 Å². The highest BCUT2D eigenvalue weighted by Crippen LogP contribution is 2.35. The van der Waals surface area contributed by atoms with E-state index in [4.69, 9.17) is 14.7 Å². The Morgan fingerprint density at radius 2 is 1.82 bits per heavy atom. The fourth-order valence-electron chi connectivity index (χ4n) is 3.95. The first-order valence-corrected chi connectivity index (χ1v) is 12.0. The summed E-state index contributed by atoms with van der Waals surface area (Å²) in [6, 6.07) is 9.99. The van der Waals surface area contributed by atoms with E-state index in [1.807, 2.05) is 18.2 Å². The third-order valence-corrected chi connectivity index (χ3v) is 6.92. The monoisotopic (exact) mass is 467 g/mol. The number of fused-ring (bicyclic) bond motifs is 1. The molecule has 0 saturated carbocycles. The highest BCUT2D eigenvalue weighted by atomic mass is 32.1. The van der Waals surface area contributed by atoms with Crippen molar-refractivity contribution >= 4 is 39.4 Å². The molecule has 8 nitrogen and oxygen atoms in total. The predicted octanol–water partition coefficient (Wildman–Crippen LogP) is 3.29. The molecule has 1 aromatic carbocycles. The van der Waals surface area contributed by atoms with Crippen LogP contribution < -0.4 is 10.2 Å². The van der Waals surface area contributed by atoms with Crippen molar-refractivity contribution in [2.24, 2.45) is 0 Å². The number of hydrogen-bond acceptors (Lipinski definition) is 7. The van der Waals surface area contributed by atoms with Crippen LogP contribution in [0.1, 0.15) is 28.8 Å². The second kappa shape index (κ2) is 10.2. The summed E-state index contributed by atoms with van der Waals surface area (Å²) in [6.45, 7) is 8.60. The van der Waals surface area contributed by atoms with Crippen molar-refractivity contribution in [3.8, 4) is 0 Å². The summed E-state index contributed by atoms with van der Waals surface area (Å²) in [5, 5.41) is 3.75. The number of nitrogens with zero attached hydrogens (tertiary/aromatic N) is 4. The molecular formula is C24H29N5O3S. The molecule has 0 aliphatic carbocycles. The Kier molecular flexibility index (Phi) is 7.08. The standard InChI is InChI=1S/C24H29N5O3S/c1-4-32-20(30)15-25-24(31)29-12-10-28(11-13-29)22-21-16(2)17(3)33-23(21)27-19(26-22)14-18-8-6-5-7-9-18/h5-9H,4,10-15H2,1-3H3,(H,25,31). The number of aromatic nitrogens is 2. The molecule has 3 heterocycles. The van der Waals surface area contributed by atoms with Gasteiger partial charge < -0.3 is 19.9 Å². The molecule has 2 amide bonds. The van der Waals surface area contributed by atoms with Gasteiger partial charge >= 0.3 is 12.0 Å². The number of aryl methyl sites for hydroxylation is 2. The molecule has 0 spiro atoms. The van der Waals surface area contributed by atoms with E-state index >= 15 is 0 Å². The molecule has 1 aliphatic rings. The van der Waals surface area contributed by atoms with E-state index in [9.17, 15) is 9.59 Å². The van der Waals surface area contributed by atoms with Gasteiger partial charge in [0, 0.05) is 37.5 Å². The van der Waals surface area contributed by atoms with Gasteiger partial charge in [0.05, 0.1) is 12.0 Å². The number of benzene rings is 1. The number of nitrogens with one attached hydrogen (secondary N) is 1. The van der Waals surface area contributed by atoms with Crippen LogP contribution in [0.3, 0.4) is 0 Å². The summed E-state index contributed by atoms with van der Waals surface area (Å²) in [5.41, 5.74) is 2.39. The zero-order valence-electron chi connectivity index (χ0n) is 19.3. The van der Waals surface area contributed by atoms with Gasteiger partial charge in [0.25, 0.3) is 0 Å². The maximum atomic E-state index is 12.4. The Morgan fingerprint density at radius 3 is 2.52 bits per heavy atom. The van der Waals surface area contributed by atoms with Gasteiger partial charge in [0.15, 0.2) is 0 Å². The molecule has 1 N–H and O–H groups in total. The molecule has 33 heavy (non-hydrogen) atoms. The molecule has 0 radical (unpaired) electrons. The molecule has 1 fully saturated rings. The normalized spacial score (nSPS) is 13.9. The molecule has 2 aromatic heterocycles. The summed E-state index contributed by atoms with van der Waals surface area (Å²) in [6.07, 6.45) is 0.677. The van der Waals surface area contributed by atoms with Gasteiger partial charge in [0.1, 0.15) is 23.0 Å². The third-order valence-electron chi connectivity index (χ3n) is 5.82. The smallest absolute Gasteiger partial charge is 0.325 e. The average molecular weight is 468 g/mol. The number of piperazine rings is 1. The summed E-state index contributed by atoms with van der Waals surface area (Å²) in [4.78, 5) is 40.0. The van der Waals surface area contributed by atoms with Crippen molar-refractivity contribution in [2.75, 3.05) is 44.2 Å². The number of thiophene rings is 1. The Bertz CT molecular complexity index is 1140. The molecule has 3 aromatic rings. The van der Waals surface area contributed by atoms with Crippen molar-refractivity contribution in [1.82, 2.24) is 20.2 Å². The minimum absolute atomic E-state index is 0.115. The number of rotatable bonds is 6. The van der Waals surface area contributed by atoms with Gasteiger partial charge in [0.2, 0.25) is 0 Å². The van der Waals surface area contributed by atoms with E-state index in [0.29, 0.717) is 39.2 Å². The van der Waals surface area contributed by atoms with E-state index in [0.717, 1.165) is 21.9 Å². The molecule has 9 heteroatoms. The SMILES string of the molecule is CCOC(=O)CNC(=O)N1CCN(c2nc(Cc3ccccc3)nc3sc(C)c(C)c23)CC1. The summed E-state index contributed by atoms with van der Waals surface area (Å²) >= 11 is 1.70. The fraction of sp³-hybridized carbons (Fsp3) is 0.417. The van der Waals surface area contributed by atoms with Gasteiger partial charge in [-0.25, -0.2) is 14.8 Å². The maximum absolute atomic E-state index is 12.4. The number of hydrogen-bond donors (Lipinski definition) is 1. The Morgan fingerprint density at radius 1 is 1.09 bits per heavy atom. The molecule has 0 unspecified atom stereocenters. The van der Waals surface area contributed by atoms with Crippen LogP contribution >= 0.6 is 11.3 Å². The summed E-state index contributed by atoms with van der Waals surface area (Å²) in [5.74, 6) is 1.32. The highest BCUT2D eigenvalue weighted by Gasteiger charge is 2.25. The molecule has 174 valence electrons. The minimum Gasteiger partial charge on any atom is -0.465 e. The van der Waals surface area contributed by atoms with Crippen molar-refractivity contribution in [2.45, 2.75) is 27.2 Å². The summed E-state index contributed by atoms with van der Waals surface area (Å²) < 4.78 is 4.87. The topological polar surface area (TPSA) is 87.7 Å². The fourth-order valence-corrected chi connectivity index (χ4v) is 4.99. The minimum atomic E-state index is -0.429. The van der Waals surface area contributed by atoms with E-state index in [1.54, 1.807) is 23.2 Å². The summed E-state index contributed by atoms with van der Waals surface area (Å²) in [7, 11) is 0. The van der Waals surface area contributed by atoms with Crippen LogP contribution in [0, 0.1) is 13.8 Å². The van der Waals surface area contributed by atoms with Crippen molar-refractivity contribution < 1.29 is 14.3 Å². The molecule has 1 aliphatic heterocycles. The van der Waals surface area contributed by atoms with Crippen LogP contribution in [-0.2, 0) is 16.0 Å². The number of anilines is 1. The predicted molar refractivity (Wildman–Crippen MR) is 130 cm³/mol. The zero-order chi connectivity index (χ0) is 23.4. The van der Waals surface area contributed by atoms with E-state index in [2.05, 4.69) is 36.2 Å². The molecular weight excluding hydrogens is 438 g/mol. The zero-order valence-corrected chi connectivity index (χ0v) is 20.1. The van der Waals surface area contributed by atoms with Crippen molar-refractivity contribution in [3.63, 3.8) is 0 Å². The Hall–Kier alpha value is -3.20. The molecule has 0 bridgehead atoms. The lowest BCUT2D eigenvalue weighted by molar-refractivity contribution is -0.141. The average Bonchev–Trinajstić information content (AvgIpc) is 3.11. The van der Waals surface area contributed by atoms with E-state index < -0.39 is 5.97 Å². The van der Waals surface area contributed by atoms with Crippen LogP contribution in [0.5, 0.6) is 0 Å². The number of carbonyl (C=O) groups excluding carboxylic acids is 2. The maximum Gasteiger partial charge on any atom is 0.325 e. The first-order valence-electron chi connectivity index (χ1n) is 11.2. The van der Waals surface area contributed by atoms with Gasteiger partial charge in [-0.3, -0.25) is 4.79 Å². The lowest BCUT2D eigenvalue weighted by atomic mass is 10.1. The number of ether oxygens (including phenoxy) is 1. The number of amides is 2. The van der Waals surface area contributed by atoms with Gasteiger partial charge in [-0.1, -0.05) is 30.3 Å². The largest absolute Gasteiger partial charge is 0.465 e. The number of esters is 1. The highest BCUT2D eigenvalue weighted by molar-refractivity contribution is 7.18. The first-order chi connectivity index (χ1) is 16.0. The lowest BCUT2D eigenvalue weighted by Gasteiger charge is -2.35. The van der Waals surface area contributed by atoms with Crippen LogP contribution in [0.25, 0.3) is 10.2 Å².